The Morgan fingerprint density at radius 3 is 2.43 bits per heavy atom. The largest absolute Gasteiger partial charge is 0.300 e. The van der Waals surface area contributed by atoms with Crippen molar-refractivity contribution >= 4 is 21.4 Å². The molecule has 0 amide bonds. The maximum Gasteiger partial charge on any atom is 0.187 e. The van der Waals surface area contributed by atoms with Crippen LogP contribution in [0.4, 0.5) is 0 Å². The monoisotopic (exact) mass is 306 g/mol. The first-order valence-electron chi connectivity index (χ1n) is 6.89. The normalized spacial score (nSPS) is 22.2. The molecule has 1 aliphatic carbocycles. The van der Waals surface area contributed by atoms with E-state index in [-0.39, 0.29) is 42.1 Å². The molecule has 0 heterocycles. The number of ketones is 2. The van der Waals surface area contributed by atoms with Crippen LogP contribution in [0.2, 0.25) is 0 Å². The lowest BCUT2D eigenvalue weighted by atomic mass is 9.89. The fraction of sp³-hybridized carbons (Fsp3) is 0.375. The van der Waals surface area contributed by atoms with Crippen LogP contribution in [-0.4, -0.2) is 24.7 Å². The minimum atomic E-state index is -3.63. The minimum absolute atomic E-state index is 0.0528. The number of hydrogen-bond acceptors (Lipinski definition) is 4. The average Bonchev–Trinajstić information content (AvgIpc) is 2.47. The Morgan fingerprint density at radius 1 is 1.24 bits per heavy atom. The van der Waals surface area contributed by atoms with Gasteiger partial charge in [0.25, 0.3) is 0 Å². The van der Waals surface area contributed by atoms with Crippen molar-refractivity contribution in [1.29, 1.82) is 0 Å². The quantitative estimate of drug-likeness (QED) is 0.838. The van der Waals surface area contributed by atoms with Gasteiger partial charge in [-0.2, -0.15) is 0 Å². The summed E-state index contributed by atoms with van der Waals surface area (Å²) in [4.78, 5) is 22.9. The van der Waals surface area contributed by atoms with Crippen LogP contribution < -0.4 is 0 Å². The zero-order valence-corrected chi connectivity index (χ0v) is 12.7. The molecule has 1 atom stereocenters. The second-order valence-corrected chi connectivity index (χ2v) is 7.67. The van der Waals surface area contributed by atoms with Gasteiger partial charge >= 0.3 is 0 Å². The summed E-state index contributed by atoms with van der Waals surface area (Å²) in [6.45, 7) is 1.44. The molecule has 0 radical (unpaired) electrons. The number of carbonyl (C=O) groups is 2. The highest BCUT2D eigenvalue weighted by Gasteiger charge is 2.44. The van der Waals surface area contributed by atoms with E-state index >= 15 is 0 Å². The molecule has 0 aliphatic heterocycles. The molecule has 0 spiro atoms. The molecule has 0 bridgehead atoms. The van der Waals surface area contributed by atoms with Gasteiger partial charge in [-0.25, -0.2) is 8.42 Å². The molecule has 21 heavy (non-hydrogen) atoms. The Labute approximate surface area is 124 Å². The predicted molar refractivity (Wildman–Crippen MR) is 79.7 cm³/mol. The van der Waals surface area contributed by atoms with E-state index in [2.05, 4.69) is 0 Å². The fourth-order valence-electron chi connectivity index (χ4n) is 2.53. The van der Waals surface area contributed by atoms with Gasteiger partial charge in [-0.05, 0) is 38.0 Å². The van der Waals surface area contributed by atoms with Crippen LogP contribution in [0.3, 0.4) is 0 Å². The number of allylic oxidation sites excluding steroid dienone is 1. The number of carbonyl (C=O) groups excluding carboxylic acids is 2. The van der Waals surface area contributed by atoms with Crippen molar-refractivity contribution in [1.82, 2.24) is 0 Å². The van der Waals surface area contributed by atoms with Gasteiger partial charge in [0.1, 0.15) is 5.78 Å². The van der Waals surface area contributed by atoms with Crippen LogP contribution in [0.15, 0.2) is 47.4 Å². The van der Waals surface area contributed by atoms with Gasteiger partial charge in [0.2, 0.25) is 0 Å². The van der Waals surface area contributed by atoms with E-state index in [4.69, 9.17) is 0 Å². The lowest BCUT2D eigenvalue weighted by Gasteiger charge is -2.32. The SMILES string of the molecule is CC(=O)CCC1(S(=O)(=O)c2ccccc2)C=CC(=O)CC1. The lowest BCUT2D eigenvalue weighted by Crippen LogP contribution is -2.39. The molecule has 5 heteroatoms. The van der Waals surface area contributed by atoms with Crippen LogP contribution in [0.1, 0.15) is 32.6 Å². The van der Waals surface area contributed by atoms with Crippen LogP contribution in [0.5, 0.6) is 0 Å². The van der Waals surface area contributed by atoms with Gasteiger partial charge in [-0.15, -0.1) is 0 Å². The van der Waals surface area contributed by atoms with Gasteiger partial charge in [-0.3, -0.25) is 4.79 Å². The van der Waals surface area contributed by atoms with Gasteiger partial charge in [0.15, 0.2) is 15.6 Å². The third-order valence-electron chi connectivity index (χ3n) is 3.86. The number of Topliss-reactive ketones (excluding diaryl/α,β-unsaturated/α-hetero) is 1. The van der Waals surface area contributed by atoms with Crippen molar-refractivity contribution in [2.24, 2.45) is 0 Å². The van der Waals surface area contributed by atoms with Crippen molar-refractivity contribution < 1.29 is 18.0 Å². The van der Waals surface area contributed by atoms with E-state index in [1.165, 1.54) is 19.1 Å². The predicted octanol–water partition coefficient (Wildman–Crippen LogP) is 2.49. The van der Waals surface area contributed by atoms with E-state index < -0.39 is 14.6 Å². The molecule has 1 aliphatic rings. The summed E-state index contributed by atoms with van der Waals surface area (Å²) in [6, 6.07) is 8.19. The second kappa shape index (κ2) is 5.93. The molecule has 1 aromatic carbocycles. The summed E-state index contributed by atoms with van der Waals surface area (Å²) >= 11 is 0. The molecule has 0 N–H and O–H groups in total. The Hall–Kier alpha value is -1.75. The summed E-state index contributed by atoms with van der Waals surface area (Å²) in [6.07, 6.45) is 3.63. The first kappa shape index (κ1) is 15.6. The maximum atomic E-state index is 13.0. The molecular weight excluding hydrogens is 288 g/mol. The summed E-state index contributed by atoms with van der Waals surface area (Å²) in [5.41, 5.74) is 0. The molecule has 2 rings (SSSR count). The Bertz CT molecular complexity index is 673. The van der Waals surface area contributed by atoms with Gasteiger partial charge in [-0.1, -0.05) is 24.3 Å². The smallest absolute Gasteiger partial charge is 0.187 e. The number of benzene rings is 1. The van der Waals surface area contributed by atoms with Crippen molar-refractivity contribution in [2.45, 2.75) is 42.2 Å². The van der Waals surface area contributed by atoms with Gasteiger partial charge in [0.05, 0.1) is 9.64 Å². The van der Waals surface area contributed by atoms with E-state index in [1.54, 1.807) is 30.3 Å². The maximum absolute atomic E-state index is 13.0. The molecule has 4 nitrogen and oxygen atoms in total. The molecule has 112 valence electrons. The minimum Gasteiger partial charge on any atom is -0.300 e. The molecule has 0 saturated heterocycles. The summed E-state index contributed by atoms with van der Waals surface area (Å²) in [5, 5.41) is 0. The Morgan fingerprint density at radius 2 is 1.90 bits per heavy atom. The third kappa shape index (κ3) is 3.13. The summed E-state index contributed by atoms with van der Waals surface area (Å²) in [7, 11) is -3.63. The zero-order chi connectivity index (χ0) is 15.5. The van der Waals surface area contributed by atoms with Crippen molar-refractivity contribution in [3.05, 3.63) is 42.5 Å². The van der Waals surface area contributed by atoms with E-state index in [0.717, 1.165) is 0 Å². The van der Waals surface area contributed by atoms with Crippen LogP contribution in [0, 0.1) is 0 Å². The molecule has 0 saturated carbocycles. The first-order valence-corrected chi connectivity index (χ1v) is 8.37. The van der Waals surface area contributed by atoms with E-state index in [1.807, 2.05) is 0 Å². The zero-order valence-electron chi connectivity index (χ0n) is 11.9. The highest BCUT2D eigenvalue weighted by Crippen LogP contribution is 2.38. The van der Waals surface area contributed by atoms with Crippen molar-refractivity contribution in [2.75, 3.05) is 0 Å². The molecule has 0 aromatic heterocycles. The number of hydrogen-bond donors (Lipinski definition) is 0. The first-order chi connectivity index (χ1) is 9.87. The summed E-state index contributed by atoms with van der Waals surface area (Å²) in [5.74, 6) is -0.125. The molecular formula is C16H18O4S. The lowest BCUT2D eigenvalue weighted by molar-refractivity contribution is -0.117. The number of sulfone groups is 1. The topological polar surface area (TPSA) is 68.3 Å². The highest BCUT2D eigenvalue weighted by atomic mass is 32.2. The Balaban J connectivity index is 2.47. The van der Waals surface area contributed by atoms with Crippen molar-refractivity contribution in [3.8, 4) is 0 Å². The van der Waals surface area contributed by atoms with Crippen LogP contribution in [0.25, 0.3) is 0 Å². The van der Waals surface area contributed by atoms with Crippen LogP contribution >= 0.6 is 0 Å². The summed E-state index contributed by atoms with van der Waals surface area (Å²) < 4.78 is 24.8. The van der Waals surface area contributed by atoms with Crippen molar-refractivity contribution in [3.63, 3.8) is 0 Å². The highest BCUT2D eigenvalue weighted by molar-refractivity contribution is 7.93. The van der Waals surface area contributed by atoms with E-state index in [9.17, 15) is 18.0 Å². The fourth-order valence-corrected chi connectivity index (χ4v) is 4.51. The standard InChI is InChI=1S/C16H18O4S/c1-13(17)7-10-16(11-8-14(18)9-12-16)21(19,20)15-5-3-2-4-6-15/h2-6,8,11H,7,9-10,12H2,1H3. The second-order valence-electron chi connectivity index (χ2n) is 5.38. The van der Waals surface area contributed by atoms with Crippen LogP contribution in [-0.2, 0) is 19.4 Å². The Kier molecular flexibility index (Phi) is 4.42. The average molecular weight is 306 g/mol. The molecule has 1 unspecified atom stereocenters. The molecule has 1 aromatic rings. The molecule has 0 fully saturated rings. The van der Waals surface area contributed by atoms with Gasteiger partial charge < -0.3 is 4.79 Å². The number of rotatable bonds is 5. The van der Waals surface area contributed by atoms with Gasteiger partial charge in [0, 0.05) is 12.8 Å². The third-order valence-corrected chi connectivity index (χ3v) is 6.36. The van der Waals surface area contributed by atoms with E-state index in [0.29, 0.717) is 0 Å².